The number of hydrogen-bond acceptors (Lipinski definition) is 7. The number of alkyl halides is 3. The van der Waals surface area contributed by atoms with Gasteiger partial charge in [0.05, 0.1) is 19.4 Å². The van der Waals surface area contributed by atoms with Crippen LogP contribution in [0.25, 0.3) is 0 Å². The minimum Gasteiger partial charge on any atom is -0.491 e. The van der Waals surface area contributed by atoms with Crippen molar-refractivity contribution in [3.63, 3.8) is 0 Å². The summed E-state index contributed by atoms with van der Waals surface area (Å²) >= 11 is 0. The molecule has 1 aliphatic rings. The van der Waals surface area contributed by atoms with E-state index >= 15 is 0 Å². The van der Waals surface area contributed by atoms with Gasteiger partial charge in [0.15, 0.2) is 0 Å². The average Bonchev–Trinajstić information content (AvgIpc) is 3.23. The van der Waals surface area contributed by atoms with Gasteiger partial charge in [-0.1, -0.05) is 6.08 Å². The van der Waals surface area contributed by atoms with Gasteiger partial charge >= 0.3 is 6.18 Å². The topological polar surface area (TPSA) is 115 Å². The number of halogens is 3. The molecule has 0 fully saturated rings. The summed E-state index contributed by atoms with van der Waals surface area (Å²) in [6, 6.07) is 4.15. The Labute approximate surface area is 176 Å². The van der Waals surface area contributed by atoms with Gasteiger partial charge in [-0.25, -0.2) is 0 Å². The molecule has 5 N–H and O–H groups in total. The summed E-state index contributed by atoms with van der Waals surface area (Å²) in [6.07, 6.45) is -0.0364. The predicted octanol–water partition coefficient (Wildman–Crippen LogP) is 1.10. The second-order valence-electron chi connectivity index (χ2n) is 6.39. The standard InChI is InChI=1S/C19H24F3N5O4/c1-2-3-4-9-31-16-10-13(17(29)24-12-19(20,21)22)5-6-15(16)27-11-14(25-26-27)18(30)23-7-8-28/h2,5-6,10-11,25-26,28H,1,3-4,7-9,12H2,(H,23,30)(H,24,29). The first kappa shape index (κ1) is 24.0. The van der Waals surface area contributed by atoms with Crippen LogP contribution in [0.4, 0.5) is 18.9 Å². The molecule has 0 saturated heterocycles. The second-order valence-corrected chi connectivity index (χ2v) is 6.39. The number of hydrogen-bond donors (Lipinski definition) is 5. The Morgan fingerprint density at radius 2 is 2.03 bits per heavy atom. The van der Waals surface area contributed by atoms with Gasteiger partial charge in [0.25, 0.3) is 11.8 Å². The maximum Gasteiger partial charge on any atom is 0.405 e. The van der Waals surface area contributed by atoms with Crippen molar-refractivity contribution < 1.29 is 32.6 Å². The smallest absolute Gasteiger partial charge is 0.405 e. The third-order valence-corrected chi connectivity index (χ3v) is 3.95. The highest BCUT2D eigenvalue weighted by Crippen LogP contribution is 2.30. The minimum atomic E-state index is -4.53. The van der Waals surface area contributed by atoms with Crippen molar-refractivity contribution in [2.24, 2.45) is 0 Å². The number of benzene rings is 1. The summed E-state index contributed by atoms with van der Waals surface area (Å²) in [6.45, 7) is 2.32. The van der Waals surface area contributed by atoms with Gasteiger partial charge in [-0.3, -0.25) is 20.0 Å². The first-order valence-electron chi connectivity index (χ1n) is 9.39. The Bertz CT molecular complexity index is 829. The Morgan fingerprint density at radius 3 is 2.71 bits per heavy atom. The van der Waals surface area contributed by atoms with E-state index in [1.165, 1.54) is 29.4 Å². The first-order valence-corrected chi connectivity index (χ1v) is 9.39. The largest absolute Gasteiger partial charge is 0.491 e. The van der Waals surface area contributed by atoms with Crippen molar-refractivity contribution >= 4 is 17.5 Å². The number of nitrogens with one attached hydrogen (secondary N) is 4. The highest BCUT2D eigenvalue weighted by Gasteiger charge is 2.28. The van der Waals surface area contributed by atoms with E-state index in [1.54, 1.807) is 6.08 Å². The van der Waals surface area contributed by atoms with Crippen molar-refractivity contribution in [1.29, 1.82) is 0 Å². The summed E-state index contributed by atoms with van der Waals surface area (Å²) in [7, 11) is 0. The summed E-state index contributed by atoms with van der Waals surface area (Å²) in [5, 5.41) is 14.5. The van der Waals surface area contributed by atoms with Crippen LogP contribution in [0.2, 0.25) is 0 Å². The molecule has 0 spiro atoms. The molecule has 0 aliphatic carbocycles. The molecule has 1 aliphatic heterocycles. The van der Waals surface area contributed by atoms with Crippen molar-refractivity contribution in [3.8, 4) is 5.75 Å². The summed E-state index contributed by atoms with van der Waals surface area (Å²) in [5.41, 5.74) is 5.97. The van der Waals surface area contributed by atoms with E-state index in [0.29, 0.717) is 18.5 Å². The number of carbonyl (C=O) groups is 2. The van der Waals surface area contributed by atoms with Crippen molar-refractivity contribution in [1.82, 2.24) is 21.6 Å². The number of unbranched alkanes of at least 4 members (excludes halogenated alkanes) is 1. The van der Waals surface area contributed by atoms with Crippen LogP contribution in [-0.2, 0) is 4.79 Å². The van der Waals surface area contributed by atoms with E-state index < -0.39 is 24.5 Å². The van der Waals surface area contributed by atoms with E-state index in [2.05, 4.69) is 22.9 Å². The van der Waals surface area contributed by atoms with Gasteiger partial charge in [0.2, 0.25) is 0 Å². The maximum atomic E-state index is 12.4. The summed E-state index contributed by atoms with van der Waals surface area (Å²) in [4.78, 5) is 24.1. The van der Waals surface area contributed by atoms with E-state index in [0.717, 1.165) is 0 Å². The van der Waals surface area contributed by atoms with Gasteiger partial charge < -0.3 is 20.5 Å². The predicted molar refractivity (Wildman–Crippen MR) is 107 cm³/mol. The SMILES string of the molecule is C=CCCCOc1cc(C(=O)NCC(F)(F)F)ccc1N1C=C(C(=O)NCCO)NN1. The quantitative estimate of drug-likeness (QED) is 0.257. The highest BCUT2D eigenvalue weighted by atomic mass is 19.4. The number of hydrazine groups is 2. The molecular formula is C19H24F3N5O4. The molecule has 1 heterocycles. The van der Waals surface area contributed by atoms with Crippen molar-refractivity contribution in [2.45, 2.75) is 19.0 Å². The van der Waals surface area contributed by atoms with Gasteiger partial charge in [-0.15, -0.1) is 12.1 Å². The third kappa shape index (κ3) is 7.50. The lowest BCUT2D eigenvalue weighted by Gasteiger charge is -2.20. The van der Waals surface area contributed by atoms with Crippen LogP contribution in [0.1, 0.15) is 23.2 Å². The number of carbonyl (C=O) groups excluding carboxylic acids is 2. The van der Waals surface area contributed by atoms with Crippen molar-refractivity contribution in [2.75, 3.05) is 31.3 Å². The molecule has 0 aromatic heterocycles. The van der Waals surface area contributed by atoms with E-state index in [4.69, 9.17) is 9.84 Å². The normalized spacial score (nSPS) is 13.3. The number of anilines is 1. The molecule has 0 bridgehead atoms. The van der Waals surface area contributed by atoms with Gasteiger partial charge in [-0.2, -0.15) is 13.2 Å². The van der Waals surface area contributed by atoms with Crippen LogP contribution in [0, 0.1) is 0 Å². The molecule has 2 amide bonds. The number of aliphatic hydroxyl groups is 1. The first-order chi connectivity index (χ1) is 14.7. The van der Waals surface area contributed by atoms with Gasteiger partial charge in [0, 0.05) is 12.1 Å². The van der Waals surface area contributed by atoms with Crippen LogP contribution in [0.3, 0.4) is 0 Å². The molecule has 1 aromatic carbocycles. The molecule has 0 radical (unpaired) electrons. The molecule has 9 nitrogen and oxygen atoms in total. The fourth-order valence-corrected chi connectivity index (χ4v) is 2.49. The Balaban J connectivity index is 2.21. The van der Waals surface area contributed by atoms with Gasteiger partial charge in [0.1, 0.15) is 23.7 Å². The van der Waals surface area contributed by atoms with E-state index in [1.807, 2.05) is 5.32 Å². The molecular weight excluding hydrogens is 419 g/mol. The van der Waals surface area contributed by atoms with Crippen molar-refractivity contribution in [3.05, 3.63) is 48.3 Å². The van der Waals surface area contributed by atoms with E-state index in [-0.39, 0.29) is 36.8 Å². The number of rotatable bonds is 11. The molecule has 0 saturated carbocycles. The second kappa shape index (κ2) is 11.2. The molecule has 12 heteroatoms. The third-order valence-electron chi connectivity index (χ3n) is 3.95. The number of amides is 2. The van der Waals surface area contributed by atoms with Crippen LogP contribution in [0.15, 0.2) is 42.8 Å². The lowest BCUT2D eigenvalue weighted by atomic mass is 10.1. The van der Waals surface area contributed by atoms with E-state index in [9.17, 15) is 22.8 Å². The fraction of sp³-hybridized carbons (Fsp3) is 0.368. The van der Waals surface area contributed by atoms with Crippen LogP contribution in [0.5, 0.6) is 5.75 Å². The lowest BCUT2D eigenvalue weighted by molar-refractivity contribution is -0.123. The molecule has 31 heavy (non-hydrogen) atoms. The number of aliphatic hydroxyl groups excluding tert-OH is 1. The molecule has 0 unspecified atom stereocenters. The average molecular weight is 443 g/mol. The lowest BCUT2D eigenvalue weighted by Crippen LogP contribution is -2.39. The molecule has 2 rings (SSSR count). The summed E-state index contributed by atoms with van der Waals surface area (Å²) < 4.78 is 42.9. The number of nitrogens with zero attached hydrogens (tertiary/aromatic N) is 1. The van der Waals surface area contributed by atoms with Crippen LogP contribution < -0.4 is 31.3 Å². The monoisotopic (exact) mass is 443 g/mol. The summed E-state index contributed by atoms with van der Waals surface area (Å²) in [5.74, 6) is -1.13. The zero-order valence-electron chi connectivity index (χ0n) is 16.6. The number of allylic oxidation sites excluding steroid dienone is 1. The maximum absolute atomic E-state index is 12.4. The zero-order valence-corrected chi connectivity index (χ0v) is 16.6. The molecule has 170 valence electrons. The minimum absolute atomic E-state index is 0.0104. The Hall–Kier alpha value is -3.25. The number of ether oxygens (including phenoxy) is 1. The molecule has 0 atom stereocenters. The van der Waals surface area contributed by atoms with Crippen LogP contribution >= 0.6 is 0 Å². The van der Waals surface area contributed by atoms with Crippen LogP contribution in [-0.4, -0.2) is 49.4 Å². The van der Waals surface area contributed by atoms with Gasteiger partial charge in [-0.05, 0) is 31.0 Å². The highest BCUT2D eigenvalue weighted by molar-refractivity contribution is 5.96. The molecule has 1 aromatic rings. The fourth-order valence-electron chi connectivity index (χ4n) is 2.49. The Morgan fingerprint density at radius 1 is 1.26 bits per heavy atom. The zero-order chi connectivity index (χ0) is 22.9. The Kier molecular flexibility index (Phi) is 8.70.